The van der Waals surface area contributed by atoms with Gasteiger partial charge in [-0.2, -0.15) is 5.10 Å². The quantitative estimate of drug-likeness (QED) is 0.298. The molecule has 0 amide bonds. The van der Waals surface area contributed by atoms with E-state index in [1.54, 1.807) is 24.0 Å². The lowest BCUT2D eigenvalue weighted by Gasteiger charge is -2.09. The van der Waals surface area contributed by atoms with E-state index in [4.69, 9.17) is 17.0 Å². The third-order valence-electron chi connectivity index (χ3n) is 5.30. The molecule has 0 atom stereocenters. The molecule has 0 aliphatic carbocycles. The summed E-state index contributed by atoms with van der Waals surface area (Å²) >= 11 is 6.22. The molecule has 0 aliphatic rings. The maximum Gasteiger partial charge on any atom is 0.228 e. The minimum absolute atomic E-state index is 0.409. The zero-order valence-electron chi connectivity index (χ0n) is 18.9. The molecule has 174 valence electrons. The predicted octanol–water partition coefficient (Wildman–Crippen LogP) is 4.03. The summed E-state index contributed by atoms with van der Waals surface area (Å²) in [5.74, 6) is 1.65. The van der Waals surface area contributed by atoms with E-state index >= 15 is 0 Å². The maximum absolute atomic E-state index is 7.24. The Kier molecular flexibility index (Phi) is 5.94. The molecule has 0 spiro atoms. The molecule has 1 aromatic carbocycles. The van der Waals surface area contributed by atoms with Crippen molar-refractivity contribution in [3.8, 4) is 33.9 Å². The summed E-state index contributed by atoms with van der Waals surface area (Å²) < 4.78 is 3.65. The van der Waals surface area contributed by atoms with Gasteiger partial charge in [-0.3, -0.25) is 9.08 Å². The van der Waals surface area contributed by atoms with Crippen molar-refractivity contribution in [2.45, 2.75) is 0 Å². The first-order chi connectivity index (χ1) is 17.1. The Labute approximate surface area is 205 Å². The molecule has 35 heavy (non-hydrogen) atoms. The number of nitrogens with zero attached hydrogens (tertiary/aromatic N) is 7. The van der Waals surface area contributed by atoms with Gasteiger partial charge in [-0.15, -0.1) is 10.2 Å². The number of aromatic nitrogens is 7. The van der Waals surface area contributed by atoms with Crippen molar-refractivity contribution in [1.29, 1.82) is 5.41 Å². The maximum atomic E-state index is 7.24. The van der Waals surface area contributed by atoms with Crippen LogP contribution in [0.25, 0.3) is 39.5 Å². The molecule has 5 rings (SSSR count). The standard InChI is InChI=1S/C24H21ClN10/c1-27-20(6-9-26)30-24-28-10-7-19(29-24)16-8-11-35-21(13-16)31-32-23(35)22-18(14-34(2)33-22)15-4-3-5-17(25)12-15/h3-14,26-27H,1-2H3,(H,28,29,30)/b20-6+,26-9?. The van der Waals surface area contributed by atoms with Crippen molar-refractivity contribution < 1.29 is 0 Å². The fraction of sp³-hybridized carbons (Fsp3) is 0.0833. The number of hydrogen-bond donors (Lipinski definition) is 3. The third-order valence-corrected chi connectivity index (χ3v) is 5.54. The van der Waals surface area contributed by atoms with Gasteiger partial charge in [0.05, 0.1) is 5.69 Å². The fourth-order valence-corrected chi connectivity index (χ4v) is 3.89. The Morgan fingerprint density at radius 1 is 1.11 bits per heavy atom. The van der Waals surface area contributed by atoms with Crippen molar-refractivity contribution in [1.82, 2.24) is 39.7 Å². The van der Waals surface area contributed by atoms with Crippen LogP contribution >= 0.6 is 11.6 Å². The summed E-state index contributed by atoms with van der Waals surface area (Å²) in [7, 11) is 3.62. The van der Waals surface area contributed by atoms with E-state index in [1.165, 1.54) is 6.21 Å². The molecule has 10 nitrogen and oxygen atoms in total. The number of nitrogens with one attached hydrogen (secondary N) is 3. The third kappa shape index (κ3) is 4.46. The molecule has 4 heterocycles. The summed E-state index contributed by atoms with van der Waals surface area (Å²) in [6, 6.07) is 13.3. The van der Waals surface area contributed by atoms with Crippen LogP contribution < -0.4 is 10.6 Å². The van der Waals surface area contributed by atoms with Gasteiger partial charge in [0.15, 0.2) is 11.5 Å². The topological polar surface area (TPSA) is 122 Å². The Balaban J connectivity index is 1.52. The van der Waals surface area contributed by atoms with Crippen LogP contribution in [0.5, 0.6) is 0 Å². The monoisotopic (exact) mass is 484 g/mol. The van der Waals surface area contributed by atoms with Crippen molar-refractivity contribution in [2.24, 2.45) is 7.05 Å². The van der Waals surface area contributed by atoms with Gasteiger partial charge in [0.25, 0.3) is 0 Å². The summed E-state index contributed by atoms with van der Waals surface area (Å²) in [6.07, 6.45) is 8.28. The largest absolute Gasteiger partial charge is 0.375 e. The van der Waals surface area contributed by atoms with Crippen LogP contribution in [-0.4, -0.2) is 47.6 Å². The molecular weight excluding hydrogens is 464 g/mol. The van der Waals surface area contributed by atoms with Crippen molar-refractivity contribution in [2.75, 3.05) is 12.4 Å². The highest BCUT2D eigenvalue weighted by molar-refractivity contribution is 6.30. The highest BCUT2D eigenvalue weighted by Crippen LogP contribution is 2.32. The lowest BCUT2D eigenvalue weighted by atomic mass is 10.1. The number of pyridine rings is 1. The SMILES string of the molecule is CN/C(=C\C=N)Nc1nccc(-c2ccn3c(-c4nn(C)cc4-c4cccc(Cl)c4)nnc3c2)n1. The number of hydrogen-bond acceptors (Lipinski definition) is 8. The minimum atomic E-state index is 0.409. The van der Waals surface area contributed by atoms with E-state index in [1.807, 2.05) is 66.3 Å². The number of aryl methyl sites for hydroxylation is 1. The Bertz CT molecular complexity index is 1570. The average Bonchev–Trinajstić information content (AvgIpc) is 3.46. The second-order valence-corrected chi connectivity index (χ2v) is 8.07. The zero-order chi connectivity index (χ0) is 24.4. The molecule has 4 aromatic heterocycles. The molecule has 5 aromatic rings. The van der Waals surface area contributed by atoms with Crippen LogP contribution in [0.4, 0.5) is 5.95 Å². The van der Waals surface area contributed by atoms with Crippen molar-refractivity contribution >= 4 is 29.4 Å². The molecule has 11 heteroatoms. The molecule has 0 saturated carbocycles. The van der Waals surface area contributed by atoms with Crippen molar-refractivity contribution in [3.05, 3.63) is 78.0 Å². The fourth-order valence-electron chi connectivity index (χ4n) is 3.70. The van der Waals surface area contributed by atoms with E-state index < -0.39 is 0 Å². The van der Waals surface area contributed by atoms with Crippen LogP contribution in [0.2, 0.25) is 5.02 Å². The van der Waals surface area contributed by atoms with Crippen molar-refractivity contribution in [3.63, 3.8) is 0 Å². The van der Waals surface area contributed by atoms with Gasteiger partial charge in [-0.25, -0.2) is 9.97 Å². The van der Waals surface area contributed by atoms with E-state index in [0.717, 1.165) is 22.4 Å². The smallest absolute Gasteiger partial charge is 0.228 e. The van der Waals surface area contributed by atoms with Gasteiger partial charge in [0, 0.05) is 55.1 Å². The first-order valence-corrected chi connectivity index (χ1v) is 11.1. The molecule has 3 N–H and O–H groups in total. The number of halogens is 1. The molecule has 0 saturated heterocycles. The highest BCUT2D eigenvalue weighted by Gasteiger charge is 2.18. The molecule has 0 fully saturated rings. The van der Waals surface area contributed by atoms with Gasteiger partial charge < -0.3 is 16.0 Å². The summed E-state index contributed by atoms with van der Waals surface area (Å²) in [5.41, 5.74) is 4.82. The molecule has 0 bridgehead atoms. The first-order valence-electron chi connectivity index (χ1n) is 10.7. The van der Waals surface area contributed by atoms with Crippen LogP contribution in [0.15, 0.2) is 73.0 Å². The van der Waals surface area contributed by atoms with E-state index in [2.05, 4.69) is 35.9 Å². The Hall–Kier alpha value is -4.57. The number of benzene rings is 1. The van der Waals surface area contributed by atoms with E-state index in [9.17, 15) is 0 Å². The van der Waals surface area contributed by atoms with Crippen LogP contribution in [0, 0.1) is 5.41 Å². The number of fused-ring (bicyclic) bond motifs is 1. The van der Waals surface area contributed by atoms with E-state index in [-0.39, 0.29) is 0 Å². The normalized spacial score (nSPS) is 11.6. The Morgan fingerprint density at radius 3 is 2.80 bits per heavy atom. The second-order valence-electron chi connectivity index (χ2n) is 7.63. The molecule has 0 unspecified atom stereocenters. The van der Waals surface area contributed by atoms with Crippen LogP contribution in [-0.2, 0) is 7.05 Å². The summed E-state index contributed by atoms with van der Waals surface area (Å²) in [5, 5.41) is 27.4. The van der Waals surface area contributed by atoms with Gasteiger partial charge in [-0.1, -0.05) is 23.7 Å². The van der Waals surface area contributed by atoms with Gasteiger partial charge in [0.2, 0.25) is 5.95 Å². The summed E-state index contributed by atoms with van der Waals surface area (Å²) in [6.45, 7) is 0. The number of rotatable bonds is 7. The highest BCUT2D eigenvalue weighted by atomic mass is 35.5. The van der Waals surface area contributed by atoms with Crippen LogP contribution in [0.3, 0.4) is 0 Å². The summed E-state index contributed by atoms with van der Waals surface area (Å²) in [4.78, 5) is 8.84. The predicted molar refractivity (Wildman–Crippen MR) is 136 cm³/mol. The van der Waals surface area contributed by atoms with Gasteiger partial charge in [0.1, 0.15) is 11.5 Å². The number of allylic oxidation sites excluding steroid dienone is 1. The zero-order valence-corrected chi connectivity index (χ0v) is 19.7. The molecular formula is C24H21ClN10. The average molecular weight is 485 g/mol. The van der Waals surface area contributed by atoms with E-state index in [0.29, 0.717) is 34.0 Å². The minimum Gasteiger partial charge on any atom is -0.375 e. The lowest BCUT2D eigenvalue weighted by molar-refractivity contribution is 0.768. The molecule has 0 aliphatic heterocycles. The molecule has 0 radical (unpaired) electrons. The van der Waals surface area contributed by atoms with Crippen LogP contribution in [0.1, 0.15) is 0 Å². The van der Waals surface area contributed by atoms with Gasteiger partial charge in [-0.05, 0) is 42.0 Å². The van der Waals surface area contributed by atoms with Gasteiger partial charge >= 0.3 is 0 Å². The first kappa shape index (κ1) is 22.2. The lowest BCUT2D eigenvalue weighted by Crippen LogP contribution is -2.16. The Morgan fingerprint density at radius 2 is 2.00 bits per heavy atom. The second kappa shape index (κ2) is 9.35. The number of anilines is 1.